The Balaban J connectivity index is 2.26. The topological polar surface area (TPSA) is 50.3 Å². The minimum absolute atomic E-state index is 0.350. The minimum Gasteiger partial charge on any atom is -0.467 e. The van der Waals surface area contributed by atoms with Crippen LogP contribution in [0.5, 0.6) is 6.01 Å². The highest BCUT2D eigenvalue weighted by atomic mass is 35.5. The molecule has 1 aliphatic heterocycles. The number of nitrogens with one attached hydrogen (secondary N) is 1. The molecule has 6 heteroatoms. The van der Waals surface area contributed by atoms with E-state index in [9.17, 15) is 0 Å². The molecular formula is C11H17ClN4O. The summed E-state index contributed by atoms with van der Waals surface area (Å²) in [5.41, 5.74) is 0. The Morgan fingerprint density at radius 3 is 2.65 bits per heavy atom. The average Bonchev–Trinajstić information content (AvgIpc) is 2.28. The van der Waals surface area contributed by atoms with Crippen LogP contribution in [0, 0.1) is 0 Å². The third-order valence-corrected chi connectivity index (χ3v) is 3.01. The van der Waals surface area contributed by atoms with Crippen molar-refractivity contribution in [3.05, 3.63) is 11.2 Å². The quantitative estimate of drug-likeness (QED) is 0.865. The van der Waals surface area contributed by atoms with Crippen LogP contribution in [0.25, 0.3) is 0 Å². The molecule has 0 amide bonds. The lowest BCUT2D eigenvalue weighted by atomic mass is 10.1. The van der Waals surface area contributed by atoms with Crippen LogP contribution in [0.1, 0.15) is 13.8 Å². The van der Waals surface area contributed by atoms with Crippen molar-refractivity contribution < 1.29 is 4.74 Å². The molecule has 1 aromatic rings. The molecule has 94 valence electrons. The summed E-state index contributed by atoms with van der Waals surface area (Å²) >= 11 is 6.14. The molecule has 2 heterocycles. The Labute approximate surface area is 106 Å². The van der Waals surface area contributed by atoms with Gasteiger partial charge in [-0.3, -0.25) is 0 Å². The van der Waals surface area contributed by atoms with Gasteiger partial charge in [0.15, 0.2) is 5.82 Å². The van der Waals surface area contributed by atoms with E-state index in [2.05, 4.69) is 34.0 Å². The van der Waals surface area contributed by atoms with E-state index >= 15 is 0 Å². The lowest BCUT2D eigenvalue weighted by Gasteiger charge is -2.37. The first-order chi connectivity index (χ1) is 8.10. The second-order valence-electron chi connectivity index (χ2n) is 4.40. The summed E-state index contributed by atoms with van der Waals surface area (Å²) in [4.78, 5) is 10.5. The first-order valence-corrected chi connectivity index (χ1v) is 6.05. The summed E-state index contributed by atoms with van der Waals surface area (Å²) < 4.78 is 5.03. The summed E-state index contributed by atoms with van der Waals surface area (Å²) in [6.45, 7) is 6.05. The van der Waals surface area contributed by atoms with E-state index in [4.69, 9.17) is 16.3 Å². The fourth-order valence-electron chi connectivity index (χ4n) is 2.16. The molecule has 1 aromatic heterocycles. The largest absolute Gasteiger partial charge is 0.467 e. The number of piperazine rings is 1. The standard InChI is InChI=1S/C11H17ClN4O/c1-7-5-16(6-8(2)14-7)10-9(12)4-13-11(15-10)17-3/h4,7-8,14H,5-6H2,1-3H3. The van der Waals surface area contributed by atoms with Crippen LogP contribution in [-0.2, 0) is 0 Å². The molecular weight excluding hydrogens is 240 g/mol. The second kappa shape index (κ2) is 5.06. The van der Waals surface area contributed by atoms with Crippen molar-refractivity contribution in [2.45, 2.75) is 25.9 Å². The van der Waals surface area contributed by atoms with Gasteiger partial charge < -0.3 is 15.0 Å². The maximum atomic E-state index is 6.14. The third kappa shape index (κ3) is 2.79. The summed E-state index contributed by atoms with van der Waals surface area (Å²) in [6, 6.07) is 1.18. The van der Waals surface area contributed by atoms with E-state index in [1.165, 1.54) is 0 Å². The van der Waals surface area contributed by atoms with Gasteiger partial charge in [0.1, 0.15) is 5.02 Å². The number of hydrogen-bond donors (Lipinski definition) is 1. The highest BCUT2D eigenvalue weighted by Gasteiger charge is 2.24. The molecule has 1 saturated heterocycles. The number of aromatic nitrogens is 2. The highest BCUT2D eigenvalue weighted by molar-refractivity contribution is 6.32. The van der Waals surface area contributed by atoms with Gasteiger partial charge in [0, 0.05) is 25.2 Å². The predicted molar refractivity (Wildman–Crippen MR) is 67.9 cm³/mol. The molecule has 0 spiro atoms. The fraction of sp³-hybridized carbons (Fsp3) is 0.636. The second-order valence-corrected chi connectivity index (χ2v) is 4.81. The molecule has 5 nitrogen and oxygen atoms in total. The summed E-state index contributed by atoms with van der Waals surface area (Å²) in [6.07, 6.45) is 1.58. The molecule has 0 radical (unpaired) electrons. The predicted octanol–water partition coefficient (Wildman–Crippen LogP) is 1.33. The number of anilines is 1. The maximum Gasteiger partial charge on any atom is 0.318 e. The van der Waals surface area contributed by atoms with Crippen LogP contribution in [-0.4, -0.2) is 42.3 Å². The minimum atomic E-state index is 0.350. The molecule has 2 unspecified atom stereocenters. The molecule has 0 bridgehead atoms. The van der Waals surface area contributed by atoms with Crippen molar-refractivity contribution in [2.24, 2.45) is 0 Å². The van der Waals surface area contributed by atoms with Crippen LogP contribution < -0.4 is 15.0 Å². The molecule has 17 heavy (non-hydrogen) atoms. The van der Waals surface area contributed by atoms with Gasteiger partial charge in [-0.25, -0.2) is 4.98 Å². The summed E-state index contributed by atoms with van der Waals surface area (Å²) in [5.74, 6) is 0.749. The van der Waals surface area contributed by atoms with Gasteiger partial charge in [0.2, 0.25) is 0 Å². The molecule has 2 rings (SSSR count). The first kappa shape index (κ1) is 12.4. The van der Waals surface area contributed by atoms with Gasteiger partial charge in [-0.05, 0) is 13.8 Å². The zero-order valence-electron chi connectivity index (χ0n) is 10.3. The normalized spacial score (nSPS) is 24.8. The van der Waals surface area contributed by atoms with Crippen LogP contribution >= 0.6 is 11.6 Å². The fourth-order valence-corrected chi connectivity index (χ4v) is 2.37. The molecule has 1 aliphatic rings. The van der Waals surface area contributed by atoms with E-state index in [1.54, 1.807) is 13.3 Å². The highest BCUT2D eigenvalue weighted by Crippen LogP contribution is 2.25. The first-order valence-electron chi connectivity index (χ1n) is 5.67. The van der Waals surface area contributed by atoms with E-state index < -0.39 is 0 Å². The molecule has 1 fully saturated rings. The summed E-state index contributed by atoms with van der Waals surface area (Å²) in [7, 11) is 1.55. The van der Waals surface area contributed by atoms with Crippen LogP contribution in [0.15, 0.2) is 6.20 Å². The third-order valence-electron chi connectivity index (χ3n) is 2.74. The lowest BCUT2D eigenvalue weighted by Crippen LogP contribution is -2.54. The van der Waals surface area contributed by atoms with Crippen LogP contribution in [0.3, 0.4) is 0 Å². The van der Waals surface area contributed by atoms with Crippen molar-refractivity contribution in [1.29, 1.82) is 0 Å². The number of ether oxygens (including phenoxy) is 1. The molecule has 0 saturated carbocycles. The average molecular weight is 257 g/mol. The monoisotopic (exact) mass is 256 g/mol. The Bertz CT molecular complexity index is 391. The number of rotatable bonds is 2. The molecule has 2 atom stereocenters. The van der Waals surface area contributed by atoms with Crippen molar-refractivity contribution in [1.82, 2.24) is 15.3 Å². The molecule has 1 N–H and O–H groups in total. The van der Waals surface area contributed by atoms with Gasteiger partial charge in [0.05, 0.1) is 13.3 Å². The van der Waals surface area contributed by atoms with E-state index in [0.717, 1.165) is 18.9 Å². The smallest absolute Gasteiger partial charge is 0.318 e. The number of nitrogens with zero attached hydrogens (tertiary/aromatic N) is 3. The van der Waals surface area contributed by atoms with Crippen molar-refractivity contribution in [3.8, 4) is 6.01 Å². The van der Waals surface area contributed by atoms with E-state index in [-0.39, 0.29) is 0 Å². The van der Waals surface area contributed by atoms with Gasteiger partial charge in [-0.15, -0.1) is 0 Å². The van der Waals surface area contributed by atoms with Gasteiger partial charge in [-0.1, -0.05) is 11.6 Å². The Morgan fingerprint density at radius 1 is 1.41 bits per heavy atom. The van der Waals surface area contributed by atoms with Crippen LogP contribution in [0.4, 0.5) is 5.82 Å². The van der Waals surface area contributed by atoms with Gasteiger partial charge >= 0.3 is 6.01 Å². The summed E-state index contributed by atoms with van der Waals surface area (Å²) in [5, 5.41) is 4.03. The van der Waals surface area contributed by atoms with E-state index in [1.807, 2.05) is 0 Å². The van der Waals surface area contributed by atoms with Gasteiger partial charge in [0.25, 0.3) is 0 Å². The lowest BCUT2D eigenvalue weighted by molar-refractivity contribution is 0.375. The van der Waals surface area contributed by atoms with E-state index in [0.29, 0.717) is 23.1 Å². The van der Waals surface area contributed by atoms with Crippen molar-refractivity contribution in [2.75, 3.05) is 25.1 Å². The van der Waals surface area contributed by atoms with Crippen LogP contribution in [0.2, 0.25) is 5.02 Å². The number of methoxy groups -OCH3 is 1. The zero-order valence-corrected chi connectivity index (χ0v) is 11.0. The molecule has 0 aromatic carbocycles. The SMILES string of the molecule is COc1ncc(Cl)c(N2CC(C)NC(C)C2)n1. The Kier molecular flexibility index (Phi) is 3.69. The van der Waals surface area contributed by atoms with Crippen molar-refractivity contribution in [3.63, 3.8) is 0 Å². The number of halogens is 1. The Morgan fingerprint density at radius 2 is 2.06 bits per heavy atom. The zero-order chi connectivity index (χ0) is 12.4. The maximum absolute atomic E-state index is 6.14. The Hall–Kier alpha value is -1.07. The van der Waals surface area contributed by atoms with Crippen molar-refractivity contribution >= 4 is 17.4 Å². The van der Waals surface area contributed by atoms with Gasteiger partial charge in [-0.2, -0.15) is 4.98 Å². The number of hydrogen-bond acceptors (Lipinski definition) is 5. The molecule has 0 aliphatic carbocycles.